The van der Waals surface area contributed by atoms with Crippen molar-refractivity contribution >= 4 is 11.7 Å². The van der Waals surface area contributed by atoms with Crippen molar-refractivity contribution in [2.45, 2.75) is 13.5 Å². The number of esters is 1. The Bertz CT molecular complexity index is 577. The van der Waals surface area contributed by atoms with Crippen molar-refractivity contribution < 1.29 is 9.53 Å². The van der Waals surface area contributed by atoms with Gasteiger partial charge in [-0.2, -0.15) is 5.10 Å². The third kappa shape index (κ3) is 2.48. The first kappa shape index (κ1) is 12.1. The summed E-state index contributed by atoms with van der Waals surface area (Å²) < 4.78 is 6.70. The van der Waals surface area contributed by atoms with Crippen LogP contribution in [-0.4, -0.2) is 20.7 Å². The number of nitrogen functional groups attached to an aromatic ring is 1. The largest absolute Gasteiger partial charge is 0.454 e. The smallest absolute Gasteiger partial charge is 0.338 e. The minimum Gasteiger partial charge on any atom is -0.454 e. The summed E-state index contributed by atoms with van der Waals surface area (Å²) in [5.41, 5.74) is 7.66. The van der Waals surface area contributed by atoms with E-state index in [9.17, 15) is 4.79 Å². The monoisotopic (exact) mass is 246 g/mol. The van der Waals surface area contributed by atoms with E-state index in [1.165, 1.54) is 6.33 Å². The fourth-order valence-corrected chi connectivity index (χ4v) is 1.47. The van der Waals surface area contributed by atoms with Crippen molar-refractivity contribution in [3.8, 4) is 0 Å². The standard InChI is InChI=1S/C12H14N4O2/c1-8-5-9(3-4-10(8)13)12(17)18-6-11-14-7-15-16(11)2/h3-5,7H,6,13H2,1-2H3. The van der Waals surface area contributed by atoms with Crippen molar-refractivity contribution in [1.82, 2.24) is 14.8 Å². The van der Waals surface area contributed by atoms with Crippen LogP contribution >= 0.6 is 0 Å². The van der Waals surface area contributed by atoms with Gasteiger partial charge in [0.15, 0.2) is 12.4 Å². The molecule has 0 saturated carbocycles. The van der Waals surface area contributed by atoms with Gasteiger partial charge in [0.05, 0.1) is 5.56 Å². The van der Waals surface area contributed by atoms with Crippen LogP contribution in [0.4, 0.5) is 5.69 Å². The number of hydrogen-bond donors (Lipinski definition) is 1. The number of carbonyl (C=O) groups excluding carboxylic acids is 1. The second kappa shape index (κ2) is 4.87. The molecule has 0 radical (unpaired) electrons. The third-order valence-electron chi connectivity index (χ3n) is 2.64. The summed E-state index contributed by atoms with van der Waals surface area (Å²) in [7, 11) is 1.74. The Hall–Kier alpha value is -2.37. The van der Waals surface area contributed by atoms with Gasteiger partial charge >= 0.3 is 5.97 Å². The van der Waals surface area contributed by atoms with Crippen LogP contribution in [0.3, 0.4) is 0 Å². The Balaban J connectivity index is 2.04. The zero-order valence-corrected chi connectivity index (χ0v) is 10.3. The van der Waals surface area contributed by atoms with Gasteiger partial charge in [-0.15, -0.1) is 0 Å². The van der Waals surface area contributed by atoms with Crippen LogP contribution in [0, 0.1) is 6.92 Å². The highest BCUT2D eigenvalue weighted by atomic mass is 16.5. The van der Waals surface area contributed by atoms with Crippen molar-refractivity contribution in [3.05, 3.63) is 41.5 Å². The molecule has 0 bridgehead atoms. The molecule has 6 nitrogen and oxygen atoms in total. The predicted octanol–water partition coefficient (Wildman–Crippen LogP) is 1.06. The maximum atomic E-state index is 11.8. The Morgan fingerprint density at radius 1 is 1.50 bits per heavy atom. The van der Waals surface area contributed by atoms with Gasteiger partial charge in [0.1, 0.15) is 6.33 Å². The number of aryl methyl sites for hydroxylation is 2. The van der Waals surface area contributed by atoms with Gasteiger partial charge in [0, 0.05) is 12.7 Å². The maximum absolute atomic E-state index is 11.8. The first-order chi connectivity index (χ1) is 8.58. The molecular formula is C12H14N4O2. The first-order valence-corrected chi connectivity index (χ1v) is 5.44. The highest BCUT2D eigenvalue weighted by Crippen LogP contribution is 2.13. The molecule has 0 amide bonds. The molecule has 0 aliphatic carbocycles. The van der Waals surface area contributed by atoms with E-state index in [4.69, 9.17) is 10.5 Å². The van der Waals surface area contributed by atoms with Crippen LogP contribution in [0.2, 0.25) is 0 Å². The molecule has 6 heteroatoms. The van der Waals surface area contributed by atoms with Gasteiger partial charge in [-0.25, -0.2) is 9.78 Å². The Labute approximate surface area is 104 Å². The number of nitrogens with two attached hydrogens (primary N) is 1. The van der Waals surface area contributed by atoms with Gasteiger partial charge < -0.3 is 10.5 Å². The lowest BCUT2D eigenvalue weighted by atomic mass is 10.1. The molecule has 2 aromatic rings. The molecule has 2 rings (SSSR count). The maximum Gasteiger partial charge on any atom is 0.338 e. The topological polar surface area (TPSA) is 83.0 Å². The lowest BCUT2D eigenvalue weighted by Gasteiger charge is -2.06. The van der Waals surface area contributed by atoms with Gasteiger partial charge in [-0.1, -0.05) is 0 Å². The zero-order valence-electron chi connectivity index (χ0n) is 10.3. The van der Waals surface area contributed by atoms with E-state index in [0.717, 1.165) is 5.56 Å². The summed E-state index contributed by atoms with van der Waals surface area (Å²) in [5.74, 6) is 0.191. The van der Waals surface area contributed by atoms with Gasteiger partial charge in [0.2, 0.25) is 0 Å². The van der Waals surface area contributed by atoms with Crippen LogP contribution < -0.4 is 5.73 Å². The molecule has 0 aliphatic heterocycles. The average Bonchev–Trinajstić information content (AvgIpc) is 2.75. The lowest BCUT2D eigenvalue weighted by molar-refractivity contribution is 0.0458. The molecule has 18 heavy (non-hydrogen) atoms. The summed E-state index contributed by atoms with van der Waals surface area (Å²) >= 11 is 0. The van der Waals surface area contributed by atoms with Crippen LogP contribution in [0.15, 0.2) is 24.5 Å². The van der Waals surface area contributed by atoms with Crippen LogP contribution in [0.25, 0.3) is 0 Å². The Kier molecular flexibility index (Phi) is 3.27. The van der Waals surface area contributed by atoms with E-state index < -0.39 is 5.97 Å². The van der Waals surface area contributed by atoms with E-state index in [1.54, 1.807) is 29.9 Å². The molecule has 94 valence electrons. The number of anilines is 1. The summed E-state index contributed by atoms with van der Waals surface area (Å²) in [6, 6.07) is 5.03. The van der Waals surface area contributed by atoms with Crippen LogP contribution in [-0.2, 0) is 18.4 Å². The summed E-state index contributed by atoms with van der Waals surface area (Å²) in [6.07, 6.45) is 1.41. The van der Waals surface area contributed by atoms with Gasteiger partial charge in [-0.05, 0) is 30.7 Å². The number of hydrogen-bond acceptors (Lipinski definition) is 5. The molecule has 1 aromatic carbocycles. The third-order valence-corrected chi connectivity index (χ3v) is 2.64. The van der Waals surface area contributed by atoms with Crippen LogP contribution in [0.1, 0.15) is 21.7 Å². The fourth-order valence-electron chi connectivity index (χ4n) is 1.47. The van der Waals surface area contributed by atoms with Crippen molar-refractivity contribution in [2.75, 3.05) is 5.73 Å². The number of benzene rings is 1. The van der Waals surface area contributed by atoms with Crippen LogP contribution in [0.5, 0.6) is 0 Å². The van der Waals surface area contributed by atoms with Gasteiger partial charge in [-0.3, -0.25) is 4.68 Å². The van der Waals surface area contributed by atoms with Crippen molar-refractivity contribution in [2.24, 2.45) is 7.05 Å². The SMILES string of the molecule is Cc1cc(C(=O)OCc2ncnn2C)ccc1N. The van der Waals surface area contributed by atoms with E-state index in [1.807, 2.05) is 6.92 Å². The Morgan fingerprint density at radius 3 is 2.89 bits per heavy atom. The molecule has 0 saturated heterocycles. The molecule has 2 N–H and O–H groups in total. The second-order valence-electron chi connectivity index (χ2n) is 3.95. The minimum atomic E-state index is -0.402. The zero-order chi connectivity index (χ0) is 13.1. The highest BCUT2D eigenvalue weighted by molar-refractivity contribution is 5.90. The first-order valence-electron chi connectivity index (χ1n) is 5.44. The molecule has 0 fully saturated rings. The summed E-state index contributed by atoms with van der Waals surface area (Å²) in [6.45, 7) is 1.94. The van der Waals surface area contributed by atoms with E-state index in [2.05, 4.69) is 10.1 Å². The molecule has 0 atom stereocenters. The Morgan fingerprint density at radius 2 is 2.28 bits per heavy atom. The summed E-state index contributed by atoms with van der Waals surface area (Å²) in [5, 5.41) is 3.89. The molecule has 0 spiro atoms. The average molecular weight is 246 g/mol. The molecule has 1 heterocycles. The lowest BCUT2D eigenvalue weighted by Crippen LogP contribution is -2.09. The summed E-state index contributed by atoms with van der Waals surface area (Å²) in [4.78, 5) is 15.8. The molecular weight excluding hydrogens is 232 g/mol. The van der Waals surface area contributed by atoms with E-state index in [0.29, 0.717) is 17.1 Å². The number of rotatable bonds is 3. The quantitative estimate of drug-likeness (QED) is 0.646. The van der Waals surface area contributed by atoms with E-state index in [-0.39, 0.29) is 6.61 Å². The number of aromatic nitrogens is 3. The number of carbonyl (C=O) groups is 1. The molecule has 0 unspecified atom stereocenters. The van der Waals surface area contributed by atoms with E-state index >= 15 is 0 Å². The minimum absolute atomic E-state index is 0.0960. The number of nitrogens with zero attached hydrogens (tertiary/aromatic N) is 3. The normalized spacial score (nSPS) is 10.3. The van der Waals surface area contributed by atoms with Gasteiger partial charge in [0.25, 0.3) is 0 Å². The highest BCUT2D eigenvalue weighted by Gasteiger charge is 2.10. The molecule has 0 aliphatic rings. The fraction of sp³-hybridized carbons (Fsp3) is 0.250. The number of ether oxygens (including phenoxy) is 1. The van der Waals surface area contributed by atoms with Crippen molar-refractivity contribution in [1.29, 1.82) is 0 Å². The van der Waals surface area contributed by atoms with Crippen molar-refractivity contribution in [3.63, 3.8) is 0 Å². The second-order valence-corrected chi connectivity index (χ2v) is 3.95. The predicted molar refractivity (Wildman–Crippen MR) is 65.7 cm³/mol. The molecule has 1 aromatic heterocycles.